The zero-order chi connectivity index (χ0) is 25.5. The van der Waals surface area contributed by atoms with E-state index in [1.165, 1.54) is 12.1 Å². The molecule has 0 saturated carbocycles. The molecule has 6 heteroatoms. The molecule has 0 aliphatic rings. The van der Waals surface area contributed by atoms with Crippen LogP contribution in [0.25, 0.3) is 0 Å². The molecule has 0 heterocycles. The van der Waals surface area contributed by atoms with Crippen molar-refractivity contribution in [1.29, 1.82) is 0 Å². The summed E-state index contributed by atoms with van der Waals surface area (Å²) in [6.07, 6.45) is -3.54. The first-order valence-electron chi connectivity index (χ1n) is 12.1. The molecule has 3 rings (SSSR count). The third-order valence-corrected chi connectivity index (χ3v) is 6.49. The Hall–Kier alpha value is -2.83. The highest BCUT2D eigenvalue weighted by Gasteiger charge is 2.34. The maximum absolute atomic E-state index is 13.1. The largest absolute Gasteiger partial charge is 0.492 e. The van der Waals surface area contributed by atoms with E-state index in [1.54, 1.807) is 24.3 Å². The Morgan fingerprint density at radius 1 is 0.771 bits per heavy atom. The van der Waals surface area contributed by atoms with Crippen LogP contribution in [-0.4, -0.2) is 36.2 Å². The van der Waals surface area contributed by atoms with Crippen molar-refractivity contribution in [2.45, 2.75) is 45.4 Å². The van der Waals surface area contributed by atoms with Gasteiger partial charge in [-0.25, -0.2) is 0 Å². The van der Waals surface area contributed by atoms with E-state index >= 15 is 0 Å². The Morgan fingerprint density at radius 2 is 1.29 bits per heavy atom. The zero-order valence-electron chi connectivity index (χ0n) is 20.6. The number of aryl methyl sites for hydroxylation is 2. The number of alkyl halides is 3. The standard InChI is InChI=1S/C29H34F3NO2/c1-4-33(5-2)20-21-35-27-16-14-25(15-17-27)28(34,19-18-23-8-6-22(3)7-9-23)24-10-12-26(13-11-24)29(30,31)32/h6-17,34H,4-5,18-21H2,1-3H3. The minimum atomic E-state index is -4.43. The molecule has 35 heavy (non-hydrogen) atoms. The van der Waals surface area contributed by atoms with Crippen LogP contribution in [0.2, 0.25) is 0 Å². The number of nitrogens with zero attached hydrogens (tertiary/aromatic N) is 1. The molecule has 0 aliphatic carbocycles. The van der Waals surface area contributed by atoms with Crippen LogP contribution in [0.4, 0.5) is 13.2 Å². The van der Waals surface area contributed by atoms with Crippen molar-refractivity contribution in [3.63, 3.8) is 0 Å². The SMILES string of the molecule is CCN(CC)CCOc1ccc(C(O)(CCc2ccc(C)cc2)c2ccc(C(F)(F)F)cc2)cc1. The summed E-state index contributed by atoms with van der Waals surface area (Å²) in [5.41, 5.74) is 1.04. The molecule has 0 spiro atoms. The summed E-state index contributed by atoms with van der Waals surface area (Å²) >= 11 is 0. The van der Waals surface area contributed by atoms with Gasteiger partial charge in [0.2, 0.25) is 0 Å². The summed E-state index contributed by atoms with van der Waals surface area (Å²) in [5.74, 6) is 0.689. The van der Waals surface area contributed by atoms with E-state index < -0.39 is 17.3 Å². The maximum Gasteiger partial charge on any atom is 0.416 e. The summed E-state index contributed by atoms with van der Waals surface area (Å²) in [6.45, 7) is 9.51. The normalized spacial score (nSPS) is 13.6. The molecule has 3 aromatic rings. The molecule has 0 amide bonds. The van der Waals surface area contributed by atoms with Crippen molar-refractivity contribution in [1.82, 2.24) is 4.90 Å². The Labute approximate surface area is 206 Å². The number of halogens is 3. The fourth-order valence-electron chi connectivity index (χ4n) is 4.13. The van der Waals surface area contributed by atoms with Gasteiger partial charge < -0.3 is 14.7 Å². The third-order valence-electron chi connectivity index (χ3n) is 6.49. The van der Waals surface area contributed by atoms with Crippen LogP contribution in [-0.2, 0) is 18.2 Å². The lowest BCUT2D eigenvalue weighted by Crippen LogP contribution is -2.28. The monoisotopic (exact) mass is 485 g/mol. The van der Waals surface area contributed by atoms with E-state index in [-0.39, 0.29) is 0 Å². The molecule has 3 nitrogen and oxygen atoms in total. The smallest absolute Gasteiger partial charge is 0.416 e. The summed E-state index contributed by atoms with van der Waals surface area (Å²) < 4.78 is 45.2. The van der Waals surface area contributed by atoms with Crippen LogP contribution in [0, 0.1) is 6.92 Å². The van der Waals surface area contributed by atoms with Crippen molar-refractivity contribution in [2.24, 2.45) is 0 Å². The first-order valence-corrected chi connectivity index (χ1v) is 12.1. The second kappa shape index (κ2) is 11.7. The number of likely N-dealkylation sites (N-methyl/N-ethyl adjacent to an activating group) is 1. The van der Waals surface area contributed by atoms with E-state index in [0.29, 0.717) is 36.3 Å². The lowest BCUT2D eigenvalue weighted by atomic mass is 9.81. The van der Waals surface area contributed by atoms with Gasteiger partial charge in [0, 0.05) is 6.54 Å². The molecule has 0 aliphatic heterocycles. The molecule has 188 valence electrons. The highest BCUT2D eigenvalue weighted by Crippen LogP contribution is 2.37. The molecule has 1 unspecified atom stereocenters. The van der Waals surface area contributed by atoms with Crippen LogP contribution in [0.3, 0.4) is 0 Å². The van der Waals surface area contributed by atoms with Crippen LogP contribution >= 0.6 is 0 Å². The lowest BCUT2D eigenvalue weighted by molar-refractivity contribution is -0.137. The molecule has 0 radical (unpaired) electrons. The quantitative estimate of drug-likeness (QED) is 0.332. The van der Waals surface area contributed by atoms with Gasteiger partial charge in [0.15, 0.2) is 0 Å². The zero-order valence-corrected chi connectivity index (χ0v) is 20.6. The molecule has 1 atom stereocenters. The van der Waals surface area contributed by atoms with E-state index in [9.17, 15) is 18.3 Å². The number of hydrogen-bond donors (Lipinski definition) is 1. The van der Waals surface area contributed by atoms with Gasteiger partial charge in [0.25, 0.3) is 0 Å². The van der Waals surface area contributed by atoms with Gasteiger partial charge in [-0.05, 0) is 73.8 Å². The van der Waals surface area contributed by atoms with E-state index in [2.05, 4.69) is 18.7 Å². The van der Waals surface area contributed by atoms with Crippen LogP contribution < -0.4 is 4.74 Å². The first kappa shape index (κ1) is 26.8. The van der Waals surface area contributed by atoms with Gasteiger partial charge >= 0.3 is 6.18 Å². The molecule has 1 N–H and O–H groups in total. The number of ether oxygens (including phenoxy) is 1. The minimum absolute atomic E-state index is 0.323. The summed E-state index contributed by atoms with van der Waals surface area (Å²) in [5, 5.41) is 11.8. The molecule has 0 aromatic heterocycles. The predicted molar refractivity (Wildman–Crippen MR) is 134 cm³/mol. The van der Waals surface area contributed by atoms with Crippen LogP contribution in [0.1, 0.15) is 48.1 Å². The Kier molecular flexibility index (Phi) is 8.98. The van der Waals surface area contributed by atoms with Gasteiger partial charge in [0.1, 0.15) is 18.0 Å². The topological polar surface area (TPSA) is 32.7 Å². The van der Waals surface area contributed by atoms with Crippen molar-refractivity contribution < 1.29 is 23.0 Å². The first-order chi connectivity index (χ1) is 16.7. The van der Waals surface area contributed by atoms with Gasteiger partial charge in [-0.1, -0.05) is 67.9 Å². The van der Waals surface area contributed by atoms with Gasteiger partial charge in [-0.2, -0.15) is 13.2 Å². The molecular weight excluding hydrogens is 451 g/mol. The number of hydrogen-bond acceptors (Lipinski definition) is 3. The number of benzene rings is 3. The van der Waals surface area contributed by atoms with Crippen molar-refractivity contribution >= 4 is 0 Å². The second-order valence-electron chi connectivity index (χ2n) is 8.82. The van der Waals surface area contributed by atoms with Crippen molar-refractivity contribution in [3.8, 4) is 5.75 Å². The highest BCUT2D eigenvalue weighted by molar-refractivity contribution is 5.40. The van der Waals surface area contributed by atoms with E-state index in [1.807, 2.05) is 31.2 Å². The highest BCUT2D eigenvalue weighted by atomic mass is 19.4. The molecule has 0 bridgehead atoms. The molecule has 0 saturated heterocycles. The Balaban J connectivity index is 1.83. The van der Waals surface area contributed by atoms with Crippen molar-refractivity contribution in [3.05, 3.63) is 101 Å². The van der Waals surface area contributed by atoms with Crippen LogP contribution in [0.5, 0.6) is 5.75 Å². The molecule has 3 aromatic carbocycles. The average molecular weight is 486 g/mol. The van der Waals surface area contributed by atoms with E-state index in [4.69, 9.17) is 4.74 Å². The maximum atomic E-state index is 13.1. The van der Waals surface area contributed by atoms with Gasteiger partial charge in [0.05, 0.1) is 5.56 Å². The van der Waals surface area contributed by atoms with Gasteiger partial charge in [-0.3, -0.25) is 0 Å². The molecule has 0 fully saturated rings. The third kappa shape index (κ3) is 7.09. The summed E-state index contributed by atoms with van der Waals surface area (Å²) in [6, 6.07) is 20.0. The van der Waals surface area contributed by atoms with E-state index in [0.717, 1.165) is 42.9 Å². The fraction of sp³-hybridized carbons (Fsp3) is 0.379. The van der Waals surface area contributed by atoms with Crippen LogP contribution in [0.15, 0.2) is 72.8 Å². The minimum Gasteiger partial charge on any atom is -0.492 e. The van der Waals surface area contributed by atoms with Crippen molar-refractivity contribution in [2.75, 3.05) is 26.2 Å². The number of rotatable bonds is 11. The summed E-state index contributed by atoms with van der Waals surface area (Å²) in [7, 11) is 0. The Bertz CT molecular complexity index is 1040. The summed E-state index contributed by atoms with van der Waals surface area (Å²) in [4.78, 5) is 2.27. The predicted octanol–water partition coefficient (Wildman–Crippen LogP) is 6.60. The second-order valence-corrected chi connectivity index (χ2v) is 8.82. The molecular formula is C29H34F3NO2. The number of aliphatic hydroxyl groups is 1. The lowest BCUT2D eigenvalue weighted by Gasteiger charge is -2.30. The average Bonchev–Trinajstić information content (AvgIpc) is 2.86. The van der Waals surface area contributed by atoms with Gasteiger partial charge in [-0.15, -0.1) is 0 Å². The Morgan fingerprint density at radius 3 is 1.80 bits per heavy atom. The fourth-order valence-corrected chi connectivity index (χ4v) is 4.13.